The highest BCUT2D eigenvalue weighted by Crippen LogP contribution is 2.28. The van der Waals surface area contributed by atoms with E-state index in [0.29, 0.717) is 18.7 Å². The van der Waals surface area contributed by atoms with Gasteiger partial charge in [-0.15, -0.1) is 0 Å². The van der Waals surface area contributed by atoms with Crippen molar-refractivity contribution in [3.05, 3.63) is 34.4 Å². The molecule has 0 atom stereocenters. The summed E-state index contributed by atoms with van der Waals surface area (Å²) in [5.74, 6) is 0. The number of rotatable bonds is 7. The molecule has 0 aromatic heterocycles. The molecule has 2 amide bonds. The second kappa shape index (κ2) is 7.03. The van der Waals surface area contributed by atoms with E-state index in [1.165, 1.54) is 24.3 Å². The Bertz CT molecular complexity index is 499. The number of hydrogen-bond acceptors (Lipinski definition) is 4. The molecule has 114 valence electrons. The fourth-order valence-electron chi connectivity index (χ4n) is 2.09. The molecule has 1 fully saturated rings. The third-order valence-corrected chi connectivity index (χ3v) is 3.39. The van der Waals surface area contributed by atoms with E-state index in [1.54, 1.807) is 4.90 Å². The zero-order valence-electron chi connectivity index (χ0n) is 11.7. The van der Waals surface area contributed by atoms with Crippen LogP contribution >= 0.6 is 0 Å². The molecule has 0 aliphatic heterocycles. The lowest BCUT2D eigenvalue weighted by atomic mass is 10.3. The molecule has 2 rings (SSSR count). The van der Waals surface area contributed by atoms with Crippen LogP contribution < -0.4 is 5.32 Å². The van der Waals surface area contributed by atoms with Crippen molar-refractivity contribution in [2.24, 2.45) is 0 Å². The number of unbranched alkanes of at least 4 members (excludes halogenated alkanes) is 1. The number of carbonyl (C=O) groups is 1. The fourth-order valence-corrected chi connectivity index (χ4v) is 2.09. The first-order chi connectivity index (χ1) is 10.1. The van der Waals surface area contributed by atoms with Crippen LogP contribution in [0.4, 0.5) is 16.2 Å². The van der Waals surface area contributed by atoms with Crippen molar-refractivity contribution in [3.8, 4) is 0 Å². The highest BCUT2D eigenvalue weighted by Gasteiger charge is 2.32. The van der Waals surface area contributed by atoms with Crippen molar-refractivity contribution in [1.82, 2.24) is 4.90 Å². The van der Waals surface area contributed by atoms with E-state index in [-0.39, 0.29) is 24.4 Å². The Kier molecular flexibility index (Phi) is 5.10. The number of urea groups is 1. The summed E-state index contributed by atoms with van der Waals surface area (Å²) in [6.07, 6.45) is 3.45. The van der Waals surface area contributed by atoms with Gasteiger partial charge in [-0.2, -0.15) is 0 Å². The lowest BCUT2D eigenvalue weighted by Gasteiger charge is -2.22. The van der Waals surface area contributed by atoms with Gasteiger partial charge in [0.05, 0.1) is 4.92 Å². The lowest BCUT2D eigenvalue weighted by Crippen LogP contribution is -2.37. The van der Waals surface area contributed by atoms with Gasteiger partial charge in [0, 0.05) is 37.0 Å². The molecule has 2 N–H and O–H groups in total. The first-order valence-electron chi connectivity index (χ1n) is 7.05. The molecule has 1 aliphatic carbocycles. The van der Waals surface area contributed by atoms with E-state index in [0.717, 1.165) is 19.3 Å². The SMILES string of the molecule is O=C(Nc1ccc([N+](=O)[O-])cc1)N(CCCCO)C1CC1. The summed E-state index contributed by atoms with van der Waals surface area (Å²) in [4.78, 5) is 24.1. The summed E-state index contributed by atoms with van der Waals surface area (Å²) in [6, 6.07) is 5.86. The first-order valence-corrected chi connectivity index (χ1v) is 7.05. The maximum absolute atomic E-state index is 12.2. The van der Waals surface area contributed by atoms with Crippen molar-refractivity contribution in [1.29, 1.82) is 0 Å². The summed E-state index contributed by atoms with van der Waals surface area (Å²) in [5, 5.41) is 22.1. The highest BCUT2D eigenvalue weighted by atomic mass is 16.6. The molecule has 1 aromatic rings. The Balaban J connectivity index is 1.92. The van der Waals surface area contributed by atoms with E-state index < -0.39 is 4.92 Å². The van der Waals surface area contributed by atoms with Crippen molar-refractivity contribution in [2.45, 2.75) is 31.7 Å². The number of carbonyl (C=O) groups excluding carboxylic acids is 1. The molecule has 0 radical (unpaired) electrons. The average molecular weight is 293 g/mol. The Hall–Kier alpha value is -2.15. The number of nitrogens with one attached hydrogen (secondary N) is 1. The molecule has 1 saturated carbocycles. The minimum atomic E-state index is -0.475. The average Bonchev–Trinajstić information content (AvgIpc) is 3.28. The molecular formula is C14H19N3O4. The summed E-state index contributed by atoms with van der Waals surface area (Å²) in [7, 11) is 0. The molecule has 1 aromatic carbocycles. The molecular weight excluding hydrogens is 274 g/mol. The van der Waals surface area contributed by atoms with Gasteiger partial charge < -0.3 is 15.3 Å². The number of amides is 2. The van der Waals surface area contributed by atoms with Crippen LogP contribution in [0.5, 0.6) is 0 Å². The van der Waals surface area contributed by atoms with Crippen molar-refractivity contribution in [3.63, 3.8) is 0 Å². The second-order valence-electron chi connectivity index (χ2n) is 5.09. The minimum Gasteiger partial charge on any atom is -0.396 e. The molecule has 7 nitrogen and oxygen atoms in total. The standard InChI is InChI=1S/C14H19N3O4/c18-10-2-1-9-16(12-7-8-12)14(19)15-11-3-5-13(6-4-11)17(20)21/h3-6,12,18H,1-2,7-10H2,(H,15,19). The number of hydrogen-bond donors (Lipinski definition) is 2. The van der Waals surface area contributed by atoms with Crippen LogP contribution in [0.2, 0.25) is 0 Å². The van der Waals surface area contributed by atoms with Gasteiger partial charge >= 0.3 is 6.03 Å². The van der Waals surface area contributed by atoms with Gasteiger partial charge in [0.2, 0.25) is 0 Å². The normalized spacial score (nSPS) is 13.8. The molecule has 0 spiro atoms. The second-order valence-corrected chi connectivity index (χ2v) is 5.09. The lowest BCUT2D eigenvalue weighted by molar-refractivity contribution is -0.384. The molecule has 1 aliphatic rings. The van der Waals surface area contributed by atoms with E-state index in [2.05, 4.69) is 5.32 Å². The predicted molar refractivity (Wildman–Crippen MR) is 78.2 cm³/mol. The van der Waals surface area contributed by atoms with Crippen LogP contribution in [0.15, 0.2) is 24.3 Å². The highest BCUT2D eigenvalue weighted by molar-refractivity contribution is 5.89. The largest absolute Gasteiger partial charge is 0.396 e. The third kappa shape index (κ3) is 4.42. The predicted octanol–water partition coefficient (Wildman–Crippen LogP) is 2.36. The van der Waals surface area contributed by atoms with E-state index in [1.807, 2.05) is 0 Å². The summed E-state index contributed by atoms with van der Waals surface area (Å²) < 4.78 is 0. The van der Waals surface area contributed by atoms with Gasteiger partial charge in [-0.25, -0.2) is 4.79 Å². The Morgan fingerprint density at radius 1 is 1.33 bits per heavy atom. The molecule has 21 heavy (non-hydrogen) atoms. The van der Waals surface area contributed by atoms with Crippen LogP contribution in [-0.2, 0) is 0 Å². The maximum atomic E-state index is 12.2. The number of aliphatic hydroxyl groups excluding tert-OH is 1. The molecule has 0 saturated heterocycles. The van der Waals surface area contributed by atoms with E-state index >= 15 is 0 Å². The van der Waals surface area contributed by atoms with Crippen LogP contribution in [0, 0.1) is 10.1 Å². The van der Waals surface area contributed by atoms with Crippen LogP contribution in [0.1, 0.15) is 25.7 Å². The number of nitrogens with zero attached hydrogens (tertiary/aromatic N) is 2. The summed E-state index contributed by atoms with van der Waals surface area (Å²) >= 11 is 0. The number of anilines is 1. The van der Waals surface area contributed by atoms with Crippen LogP contribution in [0.25, 0.3) is 0 Å². The van der Waals surface area contributed by atoms with Gasteiger partial charge in [-0.3, -0.25) is 10.1 Å². The molecule has 0 bridgehead atoms. The minimum absolute atomic E-state index is 0.00464. The van der Waals surface area contributed by atoms with Crippen molar-refractivity contribution < 1.29 is 14.8 Å². The zero-order valence-corrected chi connectivity index (χ0v) is 11.7. The van der Waals surface area contributed by atoms with Crippen LogP contribution in [-0.4, -0.2) is 40.2 Å². The Labute approximate surface area is 122 Å². The van der Waals surface area contributed by atoms with E-state index in [9.17, 15) is 14.9 Å². The Morgan fingerprint density at radius 3 is 2.52 bits per heavy atom. The number of aliphatic hydroxyl groups is 1. The van der Waals surface area contributed by atoms with Crippen molar-refractivity contribution in [2.75, 3.05) is 18.5 Å². The van der Waals surface area contributed by atoms with Gasteiger partial charge in [-0.05, 0) is 37.8 Å². The summed E-state index contributed by atoms with van der Waals surface area (Å²) in [5.41, 5.74) is 0.536. The molecule has 0 heterocycles. The van der Waals surface area contributed by atoms with Gasteiger partial charge in [-0.1, -0.05) is 0 Å². The third-order valence-electron chi connectivity index (χ3n) is 3.39. The number of benzene rings is 1. The van der Waals surface area contributed by atoms with Crippen molar-refractivity contribution >= 4 is 17.4 Å². The maximum Gasteiger partial charge on any atom is 0.322 e. The topological polar surface area (TPSA) is 95.7 Å². The quantitative estimate of drug-likeness (QED) is 0.458. The number of nitro benzene ring substituents is 1. The van der Waals surface area contributed by atoms with Crippen LogP contribution in [0.3, 0.4) is 0 Å². The number of non-ortho nitro benzene ring substituents is 1. The molecule has 0 unspecified atom stereocenters. The monoisotopic (exact) mass is 293 g/mol. The first kappa shape index (κ1) is 15.2. The Morgan fingerprint density at radius 2 is 2.00 bits per heavy atom. The van der Waals surface area contributed by atoms with Gasteiger partial charge in [0.1, 0.15) is 0 Å². The number of nitro groups is 1. The summed E-state index contributed by atoms with van der Waals surface area (Å²) in [6.45, 7) is 0.743. The molecule has 7 heteroatoms. The smallest absolute Gasteiger partial charge is 0.322 e. The zero-order chi connectivity index (χ0) is 15.2. The van der Waals surface area contributed by atoms with E-state index in [4.69, 9.17) is 5.11 Å². The fraction of sp³-hybridized carbons (Fsp3) is 0.500. The van der Waals surface area contributed by atoms with Gasteiger partial charge in [0.15, 0.2) is 0 Å². The van der Waals surface area contributed by atoms with Gasteiger partial charge in [0.25, 0.3) is 5.69 Å².